The van der Waals surface area contributed by atoms with Gasteiger partial charge in [-0.1, -0.05) is 18.2 Å². The van der Waals surface area contributed by atoms with Crippen molar-refractivity contribution in [3.05, 3.63) is 60.0 Å². The number of piperazine rings is 1. The van der Waals surface area contributed by atoms with Gasteiger partial charge >= 0.3 is 0 Å². The predicted octanol–water partition coefficient (Wildman–Crippen LogP) is 2.57. The molecule has 2 aliphatic rings. The molecule has 1 aliphatic heterocycles. The van der Waals surface area contributed by atoms with Crippen molar-refractivity contribution in [1.29, 1.82) is 0 Å². The van der Waals surface area contributed by atoms with Crippen molar-refractivity contribution in [2.75, 3.05) is 31.1 Å². The molecular formula is C20H21N5O. The summed E-state index contributed by atoms with van der Waals surface area (Å²) in [6, 6.07) is 11.7. The molecule has 0 bridgehead atoms. The smallest absolute Gasteiger partial charge is 0.253 e. The number of hydrogen-bond donors (Lipinski definition) is 0. The van der Waals surface area contributed by atoms with Crippen molar-refractivity contribution in [2.45, 2.75) is 18.8 Å². The standard InChI is InChI=1S/C20H21N5O/c26-20(16-4-2-1-3-5-16)24-12-10-23(11-13-24)19-18-14-17(15-6-7-15)22-25(18)9-8-21-19/h1-5,8-9,14-15H,6-7,10-13H2. The summed E-state index contributed by atoms with van der Waals surface area (Å²) in [6.45, 7) is 2.99. The van der Waals surface area contributed by atoms with Crippen LogP contribution in [-0.2, 0) is 0 Å². The summed E-state index contributed by atoms with van der Waals surface area (Å²) in [5, 5.41) is 4.70. The topological polar surface area (TPSA) is 53.7 Å². The summed E-state index contributed by atoms with van der Waals surface area (Å²) in [5.74, 6) is 1.71. The first-order valence-electron chi connectivity index (χ1n) is 9.23. The van der Waals surface area contributed by atoms with Crippen molar-refractivity contribution in [1.82, 2.24) is 19.5 Å². The van der Waals surface area contributed by atoms with Gasteiger partial charge in [0.25, 0.3) is 5.91 Å². The average Bonchev–Trinajstić information content (AvgIpc) is 3.46. The summed E-state index contributed by atoms with van der Waals surface area (Å²) in [6.07, 6.45) is 6.22. The van der Waals surface area contributed by atoms with Gasteiger partial charge in [0.2, 0.25) is 0 Å². The van der Waals surface area contributed by atoms with Crippen LogP contribution in [0.4, 0.5) is 5.82 Å². The Morgan fingerprint density at radius 1 is 1.04 bits per heavy atom. The summed E-state index contributed by atoms with van der Waals surface area (Å²) in [5.41, 5.74) is 3.00. The maximum absolute atomic E-state index is 12.6. The maximum atomic E-state index is 12.6. The van der Waals surface area contributed by atoms with Crippen LogP contribution >= 0.6 is 0 Å². The number of carbonyl (C=O) groups excluding carboxylic acids is 1. The zero-order valence-electron chi connectivity index (χ0n) is 14.6. The molecule has 6 nitrogen and oxygen atoms in total. The zero-order chi connectivity index (χ0) is 17.5. The number of amides is 1. The first kappa shape index (κ1) is 15.4. The molecule has 1 saturated heterocycles. The van der Waals surface area contributed by atoms with Crippen molar-refractivity contribution < 1.29 is 4.79 Å². The fraction of sp³-hybridized carbons (Fsp3) is 0.350. The van der Waals surface area contributed by atoms with Crippen LogP contribution in [0.25, 0.3) is 5.52 Å². The van der Waals surface area contributed by atoms with E-state index in [0.717, 1.165) is 30.0 Å². The molecule has 1 aliphatic carbocycles. The quantitative estimate of drug-likeness (QED) is 0.731. The number of fused-ring (bicyclic) bond motifs is 1. The minimum Gasteiger partial charge on any atom is -0.351 e. The van der Waals surface area contributed by atoms with Gasteiger partial charge in [-0.25, -0.2) is 9.50 Å². The Bertz CT molecular complexity index is 939. The van der Waals surface area contributed by atoms with Gasteiger partial charge in [0.05, 0.1) is 5.69 Å². The van der Waals surface area contributed by atoms with E-state index in [4.69, 9.17) is 5.10 Å². The monoisotopic (exact) mass is 347 g/mol. The van der Waals surface area contributed by atoms with E-state index >= 15 is 0 Å². The highest BCUT2D eigenvalue weighted by molar-refractivity contribution is 5.94. The van der Waals surface area contributed by atoms with E-state index in [1.54, 1.807) is 0 Å². The molecule has 2 fully saturated rings. The lowest BCUT2D eigenvalue weighted by atomic mass is 10.2. The van der Waals surface area contributed by atoms with Crippen LogP contribution in [0.15, 0.2) is 48.8 Å². The number of carbonyl (C=O) groups is 1. The highest BCUT2D eigenvalue weighted by atomic mass is 16.2. The SMILES string of the molecule is O=C(c1ccccc1)N1CCN(c2nccn3nc(C4CC4)cc23)CC1. The van der Waals surface area contributed by atoms with Gasteiger partial charge in [0.15, 0.2) is 5.82 Å². The Labute approximate surface area is 152 Å². The third-order valence-electron chi connectivity index (χ3n) is 5.27. The number of benzene rings is 1. The third kappa shape index (κ3) is 2.71. The molecule has 5 rings (SSSR count). The lowest BCUT2D eigenvalue weighted by Gasteiger charge is -2.35. The van der Waals surface area contributed by atoms with Crippen LogP contribution in [0, 0.1) is 0 Å². The van der Waals surface area contributed by atoms with Crippen LogP contribution in [0.1, 0.15) is 34.8 Å². The maximum Gasteiger partial charge on any atom is 0.253 e. The molecule has 26 heavy (non-hydrogen) atoms. The van der Waals surface area contributed by atoms with Crippen molar-refractivity contribution in [2.24, 2.45) is 0 Å². The van der Waals surface area contributed by atoms with E-state index in [-0.39, 0.29) is 5.91 Å². The summed E-state index contributed by atoms with van der Waals surface area (Å²) in [7, 11) is 0. The molecule has 132 valence electrons. The fourth-order valence-electron chi connectivity index (χ4n) is 3.63. The molecule has 3 heterocycles. The molecule has 3 aromatic rings. The van der Waals surface area contributed by atoms with E-state index < -0.39 is 0 Å². The Kier molecular flexibility index (Phi) is 3.62. The van der Waals surface area contributed by atoms with Crippen LogP contribution in [0.5, 0.6) is 0 Å². The number of rotatable bonds is 3. The molecule has 1 aromatic carbocycles. The van der Waals surface area contributed by atoms with Crippen molar-refractivity contribution in [3.8, 4) is 0 Å². The van der Waals surface area contributed by atoms with Crippen LogP contribution in [-0.4, -0.2) is 51.6 Å². The van der Waals surface area contributed by atoms with E-state index in [2.05, 4.69) is 16.0 Å². The van der Waals surface area contributed by atoms with Gasteiger partial charge in [0.1, 0.15) is 5.52 Å². The number of nitrogens with zero attached hydrogens (tertiary/aromatic N) is 5. The van der Waals surface area contributed by atoms with Gasteiger partial charge in [0, 0.05) is 50.1 Å². The average molecular weight is 347 g/mol. The first-order chi connectivity index (χ1) is 12.8. The largest absolute Gasteiger partial charge is 0.351 e. The Balaban J connectivity index is 1.34. The normalized spacial score (nSPS) is 17.7. The van der Waals surface area contributed by atoms with Crippen molar-refractivity contribution >= 4 is 17.2 Å². The lowest BCUT2D eigenvalue weighted by molar-refractivity contribution is 0.0746. The lowest BCUT2D eigenvalue weighted by Crippen LogP contribution is -2.49. The summed E-state index contributed by atoms with van der Waals surface area (Å²) >= 11 is 0. The molecule has 0 spiro atoms. The number of aromatic nitrogens is 3. The number of anilines is 1. The third-order valence-corrected chi connectivity index (χ3v) is 5.27. The second-order valence-electron chi connectivity index (χ2n) is 7.07. The molecule has 0 radical (unpaired) electrons. The van der Waals surface area contributed by atoms with Crippen molar-refractivity contribution in [3.63, 3.8) is 0 Å². The number of hydrogen-bond acceptors (Lipinski definition) is 4. The van der Waals surface area contributed by atoms with Gasteiger partial charge in [-0.05, 0) is 31.0 Å². The van der Waals surface area contributed by atoms with Crippen LogP contribution in [0.2, 0.25) is 0 Å². The molecule has 1 amide bonds. The highest BCUT2D eigenvalue weighted by Gasteiger charge is 2.28. The highest BCUT2D eigenvalue weighted by Crippen LogP contribution is 2.40. The molecule has 2 aromatic heterocycles. The first-order valence-corrected chi connectivity index (χ1v) is 9.23. The van der Waals surface area contributed by atoms with E-state index in [1.807, 2.05) is 52.1 Å². The molecule has 0 unspecified atom stereocenters. The van der Waals surface area contributed by atoms with Crippen LogP contribution < -0.4 is 4.90 Å². The fourth-order valence-corrected chi connectivity index (χ4v) is 3.63. The second-order valence-corrected chi connectivity index (χ2v) is 7.07. The van der Waals surface area contributed by atoms with Gasteiger partial charge < -0.3 is 9.80 Å². The van der Waals surface area contributed by atoms with E-state index in [0.29, 0.717) is 19.0 Å². The van der Waals surface area contributed by atoms with E-state index in [9.17, 15) is 4.79 Å². The van der Waals surface area contributed by atoms with Gasteiger partial charge in [-0.3, -0.25) is 4.79 Å². The minimum absolute atomic E-state index is 0.108. The zero-order valence-corrected chi connectivity index (χ0v) is 14.6. The second kappa shape index (κ2) is 6.12. The molecular weight excluding hydrogens is 326 g/mol. The Hall–Kier alpha value is -2.89. The Morgan fingerprint density at radius 2 is 1.81 bits per heavy atom. The molecule has 0 N–H and O–H groups in total. The molecule has 1 saturated carbocycles. The summed E-state index contributed by atoms with van der Waals surface area (Å²) in [4.78, 5) is 21.4. The Morgan fingerprint density at radius 3 is 2.54 bits per heavy atom. The van der Waals surface area contributed by atoms with Crippen LogP contribution in [0.3, 0.4) is 0 Å². The molecule has 0 atom stereocenters. The van der Waals surface area contributed by atoms with E-state index in [1.165, 1.54) is 18.5 Å². The van der Waals surface area contributed by atoms with Gasteiger partial charge in [-0.2, -0.15) is 5.10 Å². The minimum atomic E-state index is 0.108. The summed E-state index contributed by atoms with van der Waals surface area (Å²) < 4.78 is 1.94. The predicted molar refractivity (Wildman–Crippen MR) is 99.5 cm³/mol. The molecule has 6 heteroatoms. The van der Waals surface area contributed by atoms with Gasteiger partial charge in [-0.15, -0.1) is 0 Å².